The van der Waals surface area contributed by atoms with E-state index in [1.807, 2.05) is 0 Å². The molecule has 0 aliphatic heterocycles. The van der Waals surface area contributed by atoms with Gasteiger partial charge in [0.25, 0.3) is 10.1 Å². The van der Waals surface area contributed by atoms with Gasteiger partial charge in [0.1, 0.15) is 10.7 Å². The van der Waals surface area contributed by atoms with Crippen LogP contribution in [0, 0.1) is 6.92 Å². The van der Waals surface area contributed by atoms with E-state index in [4.69, 9.17) is 13.4 Å². The van der Waals surface area contributed by atoms with Crippen LogP contribution in [-0.4, -0.2) is 13.0 Å². The van der Waals surface area contributed by atoms with Crippen LogP contribution in [0.1, 0.15) is 12.9 Å². The van der Waals surface area contributed by atoms with Crippen molar-refractivity contribution in [3.05, 3.63) is 46.4 Å². The molecule has 1 aromatic heterocycles. The molecule has 0 aliphatic rings. The Morgan fingerprint density at radius 2 is 1.95 bits per heavy atom. The predicted molar refractivity (Wildman–Crippen MR) is 68.9 cm³/mol. The molecular weight excluding hydrogens is 315 g/mol. The Labute approximate surface area is 143 Å². The summed E-state index contributed by atoms with van der Waals surface area (Å²) in [6.07, 6.45) is 0. The van der Waals surface area contributed by atoms with Gasteiger partial charge in [0.05, 0.1) is 5.75 Å². The molecular formula is C11H11NaO6S2. The minimum Gasteiger partial charge on any atom is -1.00 e. The number of benzene rings is 1. The molecule has 0 amide bonds. The minimum absolute atomic E-state index is 0. The van der Waals surface area contributed by atoms with Crippen molar-refractivity contribution >= 4 is 21.9 Å². The zero-order valence-corrected chi connectivity index (χ0v) is 14.5. The number of rotatable bonds is 4. The molecule has 1 N–H and O–H groups in total. The van der Waals surface area contributed by atoms with E-state index < -0.39 is 15.9 Å². The van der Waals surface area contributed by atoms with Crippen molar-refractivity contribution in [1.29, 1.82) is 0 Å². The summed E-state index contributed by atoms with van der Waals surface area (Å²) in [6, 6.07) is 6.02. The van der Waals surface area contributed by atoms with Gasteiger partial charge < -0.3 is 10.3 Å². The number of hydrogen-bond acceptors (Lipinski definition) is 6. The van der Waals surface area contributed by atoms with Crippen LogP contribution in [0.15, 0.2) is 47.7 Å². The van der Waals surface area contributed by atoms with Gasteiger partial charge in [-0.3, -0.25) is 4.55 Å². The van der Waals surface area contributed by atoms with E-state index in [0.29, 0.717) is 16.4 Å². The molecule has 0 radical (unpaired) electrons. The Balaban J connectivity index is 0.00000200. The zero-order valence-electron chi connectivity index (χ0n) is 11.8. The Morgan fingerprint density at radius 3 is 2.50 bits per heavy atom. The molecule has 6 nitrogen and oxygen atoms in total. The van der Waals surface area contributed by atoms with Crippen molar-refractivity contribution in [3.63, 3.8) is 0 Å². The molecule has 20 heavy (non-hydrogen) atoms. The van der Waals surface area contributed by atoms with Gasteiger partial charge in [-0.15, -0.1) is 11.8 Å². The van der Waals surface area contributed by atoms with E-state index >= 15 is 0 Å². The second kappa shape index (κ2) is 6.97. The summed E-state index contributed by atoms with van der Waals surface area (Å²) in [4.78, 5) is 11.1. The van der Waals surface area contributed by atoms with E-state index in [-0.39, 0.29) is 41.6 Å². The summed E-state index contributed by atoms with van der Waals surface area (Å²) in [5.41, 5.74) is 0. The third-order valence-electron chi connectivity index (χ3n) is 2.32. The normalized spacial score (nSPS) is 11.1. The largest absolute Gasteiger partial charge is 1.00 e. The minimum atomic E-state index is -4.28. The molecule has 2 rings (SSSR count). The molecule has 0 saturated heterocycles. The van der Waals surface area contributed by atoms with Crippen molar-refractivity contribution in [2.45, 2.75) is 22.5 Å². The first kappa shape index (κ1) is 17.5. The van der Waals surface area contributed by atoms with Crippen LogP contribution < -0.4 is 35.4 Å². The smallest absolute Gasteiger partial charge is 1.00 e. The van der Waals surface area contributed by atoms with Gasteiger partial charge in [0, 0.05) is 4.90 Å². The van der Waals surface area contributed by atoms with Gasteiger partial charge in [-0.2, -0.15) is 8.42 Å². The van der Waals surface area contributed by atoms with E-state index in [9.17, 15) is 13.2 Å². The predicted octanol–water partition coefficient (Wildman–Crippen LogP) is -0.803. The van der Waals surface area contributed by atoms with Gasteiger partial charge in [0.15, 0.2) is 5.76 Å². The van der Waals surface area contributed by atoms with Crippen LogP contribution in [0.25, 0.3) is 0 Å². The fourth-order valence-electron chi connectivity index (χ4n) is 1.43. The summed E-state index contributed by atoms with van der Waals surface area (Å²) in [7, 11) is -4.28. The standard InChI is InChI=1S/C11H10O6S2.Na.H/c1-7-8(17-11(12)16-7)6-18-9-4-2-3-5-10(9)19(13,14)15;;/h2-5H,6H2,1H3,(H,13,14,15);;/q;+1;-1. The van der Waals surface area contributed by atoms with Crippen LogP contribution >= 0.6 is 11.8 Å². The first-order valence-corrected chi connectivity index (χ1v) is 7.59. The van der Waals surface area contributed by atoms with Gasteiger partial charge in [-0.25, -0.2) is 4.79 Å². The van der Waals surface area contributed by atoms with Gasteiger partial charge in [-0.05, 0) is 19.1 Å². The Hall–Kier alpha value is -0.510. The van der Waals surface area contributed by atoms with Crippen LogP contribution in [0.5, 0.6) is 0 Å². The summed E-state index contributed by atoms with van der Waals surface area (Å²) in [5, 5.41) is 0. The fourth-order valence-corrected chi connectivity index (χ4v) is 3.43. The quantitative estimate of drug-likeness (QED) is 0.446. The third-order valence-corrected chi connectivity index (χ3v) is 4.44. The monoisotopic (exact) mass is 326 g/mol. The molecule has 104 valence electrons. The molecule has 0 atom stereocenters. The van der Waals surface area contributed by atoms with Crippen LogP contribution in [-0.2, 0) is 15.9 Å². The molecule has 0 unspecified atom stereocenters. The van der Waals surface area contributed by atoms with E-state index in [0.717, 1.165) is 11.8 Å². The topological polar surface area (TPSA) is 97.7 Å². The average Bonchev–Trinajstić information content (AvgIpc) is 2.64. The molecule has 0 spiro atoms. The van der Waals surface area contributed by atoms with Gasteiger partial charge in [-0.1, -0.05) is 12.1 Å². The summed E-state index contributed by atoms with van der Waals surface area (Å²) in [5.74, 6) is 0.113. The Morgan fingerprint density at radius 1 is 1.30 bits per heavy atom. The van der Waals surface area contributed by atoms with E-state index in [2.05, 4.69) is 0 Å². The van der Waals surface area contributed by atoms with E-state index in [1.165, 1.54) is 12.1 Å². The van der Waals surface area contributed by atoms with Crippen molar-refractivity contribution in [1.82, 2.24) is 0 Å². The van der Waals surface area contributed by atoms with Crippen LogP contribution in [0.2, 0.25) is 0 Å². The molecule has 1 heterocycles. The molecule has 2 aromatic rings. The van der Waals surface area contributed by atoms with Crippen molar-refractivity contribution in [3.8, 4) is 0 Å². The Bertz CT molecular complexity index is 752. The molecule has 1 aromatic carbocycles. The first-order valence-electron chi connectivity index (χ1n) is 5.16. The number of aryl methyl sites for hydroxylation is 1. The summed E-state index contributed by atoms with van der Waals surface area (Å²) < 4.78 is 41.0. The second-order valence-electron chi connectivity index (χ2n) is 3.64. The van der Waals surface area contributed by atoms with Crippen molar-refractivity contribution in [2.24, 2.45) is 0 Å². The van der Waals surface area contributed by atoms with Crippen LogP contribution in [0.3, 0.4) is 0 Å². The van der Waals surface area contributed by atoms with E-state index in [1.54, 1.807) is 19.1 Å². The molecule has 9 heteroatoms. The average molecular weight is 326 g/mol. The molecule has 0 fully saturated rings. The molecule has 0 aliphatic carbocycles. The van der Waals surface area contributed by atoms with Crippen LogP contribution in [0.4, 0.5) is 0 Å². The third kappa shape index (κ3) is 4.24. The summed E-state index contributed by atoms with van der Waals surface area (Å²) in [6.45, 7) is 1.58. The summed E-state index contributed by atoms with van der Waals surface area (Å²) >= 11 is 1.12. The zero-order chi connectivity index (χ0) is 14.0. The van der Waals surface area contributed by atoms with Crippen molar-refractivity contribution in [2.75, 3.05) is 0 Å². The van der Waals surface area contributed by atoms with Gasteiger partial charge in [0.2, 0.25) is 0 Å². The Kier molecular flexibility index (Phi) is 6.11. The number of hydrogen-bond donors (Lipinski definition) is 1. The SMILES string of the molecule is Cc1oc(=O)oc1CSc1ccccc1S(=O)(=O)O.[H-].[Na+]. The fraction of sp³-hybridized carbons (Fsp3) is 0.182. The maximum absolute atomic E-state index is 11.2. The maximum atomic E-state index is 11.2. The maximum Gasteiger partial charge on any atom is 1.00 e. The number of thioether (sulfide) groups is 1. The molecule has 0 bridgehead atoms. The van der Waals surface area contributed by atoms with Crippen molar-refractivity contribution < 1.29 is 52.8 Å². The molecule has 0 saturated carbocycles. The van der Waals surface area contributed by atoms with Gasteiger partial charge >= 0.3 is 35.4 Å². The first-order chi connectivity index (χ1) is 8.88. The second-order valence-corrected chi connectivity index (χ2v) is 6.05.